The van der Waals surface area contributed by atoms with Crippen molar-refractivity contribution in [3.63, 3.8) is 0 Å². The van der Waals surface area contributed by atoms with Gasteiger partial charge in [0.05, 0.1) is 13.4 Å². The van der Waals surface area contributed by atoms with Crippen LogP contribution in [0.15, 0.2) is 41.4 Å². The first-order valence-electron chi connectivity index (χ1n) is 7.49. The summed E-state index contributed by atoms with van der Waals surface area (Å²) in [6, 6.07) is 10.7. The monoisotopic (exact) mass is 315 g/mol. The highest BCUT2D eigenvalue weighted by atomic mass is 19.1. The number of hydrogen-bond acceptors (Lipinski definition) is 3. The summed E-state index contributed by atoms with van der Waals surface area (Å²) < 4.78 is 19.4. The Labute approximate surface area is 136 Å². The van der Waals surface area contributed by atoms with Crippen molar-refractivity contribution in [1.82, 2.24) is 4.90 Å². The van der Waals surface area contributed by atoms with Crippen molar-refractivity contribution >= 4 is 23.4 Å². The summed E-state index contributed by atoms with van der Waals surface area (Å²) in [6.07, 6.45) is 1.63. The minimum absolute atomic E-state index is 0.332. The highest BCUT2D eigenvalue weighted by molar-refractivity contribution is 5.69. The lowest BCUT2D eigenvalue weighted by Crippen LogP contribution is -2.14. The zero-order valence-electron chi connectivity index (χ0n) is 13.9. The van der Waals surface area contributed by atoms with E-state index in [0.717, 1.165) is 23.5 Å². The number of hydrogen-bond donors (Lipinski definition) is 1. The van der Waals surface area contributed by atoms with Gasteiger partial charge in [0.15, 0.2) is 5.82 Å². The molecule has 122 valence electrons. The van der Waals surface area contributed by atoms with Gasteiger partial charge in [-0.1, -0.05) is 6.07 Å². The number of benzene rings is 2. The van der Waals surface area contributed by atoms with Gasteiger partial charge >= 0.3 is 0 Å². The lowest BCUT2D eigenvalue weighted by Gasteiger charge is -2.13. The molecule has 4 nitrogen and oxygen atoms in total. The molecule has 23 heavy (non-hydrogen) atoms. The standard InChI is InChI=1S/C18H22FN3O/c1-5-22(3)12-20-18-9-13(2)17(11-16(18)19)21-14-7-6-8-15(10-14)23-4/h6-12,21H,5H2,1-4H3/b20-12+. The molecule has 0 radical (unpaired) electrons. The average molecular weight is 315 g/mol. The molecule has 1 N–H and O–H groups in total. The molecule has 0 unspecified atom stereocenters. The smallest absolute Gasteiger partial charge is 0.150 e. The van der Waals surface area contributed by atoms with Gasteiger partial charge in [0.2, 0.25) is 0 Å². The molecular formula is C18H22FN3O. The van der Waals surface area contributed by atoms with Crippen LogP contribution >= 0.6 is 0 Å². The summed E-state index contributed by atoms with van der Waals surface area (Å²) >= 11 is 0. The molecule has 0 saturated heterocycles. The highest BCUT2D eigenvalue weighted by Gasteiger charge is 2.07. The molecule has 0 saturated carbocycles. The third-order valence-electron chi connectivity index (χ3n) is 3.54. The Bertz CT molecular complexity index is 701. The summed E-state index contributed by atoms with van der Waals surface area (Å²) in [5, 5.41) is 3.21. The van der Waals surface area contributed by atoms with E-state index in [9.17, 15) is 4.39 Å². The molecule has 0 amide bonds. The van der Waals surface area contributed by atoms with Gasteiger partial charge in [-0.05, 0) is 43.7 Å². The van der Waals surface area contributed by atoms with Gasteiger partial charge in [-0.3, -0.25) is 0 Å². The minimum Gasteiger partial charge on any atom is -0.497 e. The number of halogens is 1. The molecule has 2 aromatic rings. The summed E-state index contributed by atoms with van der Waals surface area (Å²) in [4.78, 5) is 6.08. The van der Waals surface area contributed by atoms with Crippen LogP contribution in [0.4, 0.5) is 21.5 Å². The number of nitrogens with one attached hydrogen (secondary N) is 1. The number of aliphatic imine (C=N–C) groups is 1. The molecule has 0 aliphatic carbocycles. The first-order valence-corrected chi connectivity index (χ1v) is 7.49. The zero-order valence-corrected chi connectivity index (χ0v) is 13.9. The lowest BCUT2D eigenvalue weighted by atomic mass is 10.1. The van der Waals surface area contributed by atoms with Crippen LogP contribution in [0.2, 0.25) is 0 Å². The molecule has 5 heteroatoms. The predicted octanol–water partition coefficient (Wildman–Crippen LogP) is 4.50. The van der Waals surface area contributed by atoms with Crippen molar-refractivity contribution in [2.24, 2.45) is 4.99 Å². The van der Waals surface area contributed by atoms with E-state index in [-0.39, 0.29) is 5.82 Å². The Morgan fingerprint density at radius 2 is 2.09 bits per heavy atom. The second kappa shape index (κ2) is 7.63. The van der Waals surface area contributed by atoms with Gasteiger partial charge in [-0.15, -0.1) is 0 Å². The van der Waals surface area contributed by atoms with Crippen molar-refractivity contribution in [3.8, 4) is 5.75 Å². The Balaban J connectivity index is 2.24. The maximum atomic E-state index is 14.2. The van der Waals surface area contributed by atoms with Gasteiger partial charge < -0.3 is 15.0 Å². The third-order valence-corrected chi connectivity index (χ3v) is 3.54. The van der Waals surface area contributed by atoms with Gasteiger partial charge in [0, 0.05) is 31.0 Å². The number of ether oxygens (including phenoxy) is 1. The number of nitrogens with zero attached hydrogens (tertiary/aromatic N) is 2. The van der Waals surface area contributed by atoms with Crippen LogP contribution in [0.1, 0.15) is 12.5 Å². The maximum Gasteiger partial charge on any atom is 0.150 e. The van der Waals surface area contributed by atoms with E-state index in [2.05, 4.69) is 10.3 Å². The van der Waals surface area contributed by atoms with E-state index in [0.29, 0.717) is 11.4 Å². The molecule has 0 bridgehead atoms. The number of rotatable bonds is 6. The van der Waals surface area contributed by atoms with Crippen molar-refractivity contribution in [3.05, 3.63) is 47.8 Å². The fourth-order valence-electron chi connectivity index (χ4n) is 2.00. The van der Waals surface area contributed by atoms with Crippen LogP contribution in [0.3, 0.4) is 0 Å². The number of methoxy groups -OCH3 is 1. The predicted molar refractivity (Wildman–Crippen MR) is 93.9 cm³/mol. The van der Waals surface area contributed by atoms with Crippen molar-refractivity contribution in [1.29, 1.82) is 0 Å². The third kappa shape index (κ3) is 4.45. The van der Waals surface area contributed by atoms with Crippen LogP contribution < -0.4 is 10.1 Å². The van der Waals surface area contributed by atoms with E-state index in [1.165, 1.54) is 6.07 Å². The Morgan fingerprint density at radius 3 is 2.78 bits per heavy atom. The van der Waals surface area contributed by atoms with Gasteiger partial charge in [-0.2, -0.15) is 0 Å². The van der Waals surface area contributed by atoms with Crippen LogP contribution in [0.5, 0.6) is 5.75 Å². The quantitative estimate of drug-likeness (QED) is 0.630. The fraction of sp³-hybridized carbons (Fsp3) is 0.278. The van der Waals surface area contributed by atoms with E-state index < -0.39 is 0 Å². The van der Waals surface area contributed by atoms with Crippen LogP contribution in [-0.4, -0.2) is 31.9 Å². The second-order valence-corrected chi connectivity index (χ2v) is 5.29. The van der Waals surface area contributed by atoms with Crippen molar-refractivity contribution in [2.45, 2.75) is 13.8 Å². The molecule has 0 aromatic heterocycles. The molecule has 0 fully saturated rings. The van der Waals surface area contributed by atoms with Crippen LogP contribution in [-0.2, 0) is 0 Å². The van der Waals surface area contributed by atoms with E-state index in [4.69, 9.17) is 4.74 Å². The Kier molecular flexibility index (Phi) is 5.57. The van der Waals surface area contributed by atoms with Crippen LogP contribution in [0, 0.1) is 12.7 Å². The first kappa shape index (κ1) is 16.8. The summed E-state index contributed by atoms with van der Waals surface area (Å²) in [5.41, 5.74) is 2.80. The molecule has 2 rings (SSSR count). The molecule has 0 aliphatic heterocycles. The van der Waals surface area contributed by atoms with E-state index in [1.807, 2.05) is 50.1 Å². The average Bonchev–Trinajstić information content (AvgIpc) is 2.56. The minimum atomic E-state index is -0.359. The molecule has 0 atom stereocenters. The topological polar surface area (TPSA) is 36.9 Å². The highest BCUT2D eigenvalue weighted by Crippen LogP contribution is 2.29. The number of anilines is 2. The molecule has 2 aromatic carbocycles. The van der Waals surface area contributed by atoms with E-state index in [1.54, 1.807) is 19.5 Å². The maximum absolute atomic E-state index is 14.2. The van der Waals surface area contributed by atoms with Gasteiger partial charge in [0.25, 0.3) is 0 Å². The molecular weight excluding hydrogens is 293 g/mol. The summed E-state index contributed by atoms with van der Waals surface area (Å²) in [6.45, 7) is 4.75. The first-order chi connectivity index (χ1) is 11.0. The molecule has 0 heterocycles. The fourth-order valence-corrected chi connectivity index (χ4v) is 2.00. The van der Waals surface area contributed by atoms with Crippen LogP contribution in [0.25, 0.3) is 0 Å². The lowest BCUT2D eigenvalue weighted by molar-refractivity contribution is 0.415. The van der Waals surface area contributed by atoms with Gasteiger partial charge in [0.1, 0.15) is 11.4 Å². The Morgan fingerprint density at radius 1 is 1.30 bits per heavy atom. The second-order valence-electron chi connectivity index (χ2n) is 5.29. The molecule has 0 spiro atoms. The van der Waals surface area contributed by atoms with Crippen molar-refractivity contribution in [2.75, 3.05) is 26.0 Å². The largest absolute Gasteiger partial charge is 0.497 e. The van der Waals surface area contributed by atoms with E-state index >= 15 is 0 Å². The number of aryl methyl sites for hydroxylation is 1. The normalized spacial score (nSPS) is 10.8. The van der Waals surface area contributed by atoms with Gasteiger partial charge in [-0.25, -0.2) is 9.38 Å². The summed E-state index contributed by atoms with van der Waals surface area (Å²) in [7, 11) is 3.51. The van der Waals surface area contributed by atoms with Crippen molar-refractivity contribution < 1.29 is 9.13 Å². The Hall–Kier alpha value is -2.56. The molecule has 0 aliphatic rings. The summed E-state index contributed by atoms with van der Waals surface area (Å²) in [5.74, 6) is 0.388. The SMILES string of the molecule is CCN(C)/C=N/c1cc(C)c(Nc2cccc(OC)c2)cc1F. The zero-order chi connectivity index (χ0) is 16.8.